The van der Waals surface area contributed by atoms with Gasteiger partial charge in [0, 0.05) is 12.0 Å². The van der Waals surface area contributed by atoms with Gasteiger partial charge in [0.25, 0.3) is 0 Å². The van der Waals surface area contributed by atoms with E-state index in [2.05, 4.69) is 44.8 Å². The van der Waals surface area contributed by atoms with Crippen LogP contribution in [0.15, 0.2) is 4.99 Å². The monoisotopic (exact) mass is 185 g/mol. The number of aliphatic imine (C=N–C) groups is 1. The molecular weight excluding hydrogens is 162 g/mol. The normalized spacial score (nSPS) is 13.8. The van der Waals surface area contributed by atoms with Crippen LogP contribution in [0.5, 0.6) is 0 Å². The molecule has 0 aromatic heterocycles. The van der Waals surface area contributed by atoms with Crippen molar-refractivity contribution in [2.75, 3.05) is 20.6 Å². The molecule has 3 heteroatoms. The van der Waals surface area contributed by atoms with Crippen LogP contribution in [0.4, 0.5) is 0 Å². The van der Waals surface area contributed by atoms with Crippen molar-refractivity contribution in [3.05, 3.63) is 0 Å². The number of nitrogens with zero attached hydrogens (tertiary/aromatic N) is 2. The van der Waals surface area contributed by atoms with Gasteiger partial charge in [-0.3, -0.25) is 4.99 Å². The Bertz CT molecular complexity index is 171. The predicted molar refractivity (Wildman–Crippen MR) is 59.2 cm³/mol. The van der Waals surface area contributed by atoms with Crippen molar-refractivity contribution in [1.29, 1.82) is 0 Å². The molecule has 0 amide bonds. The molecule has 0 aromatic rings. The van der Waals surface area contributed by atoms with Crippen LogP contribution in [0.1, 0.15) is 33.6 Å². The van der Waals surface area contributed by atoms with Crippen molar-refractivity contribution in [3.8, 4) is 0 Å². The lowest BCUT2D eigenvalue weighted by molar-refractivity contribution is 0.205. The Kier molecular flexibility index (Phi) is 4.99. The largest absolute Gasteiger partial charge is 0.387 e. The molecule has 0 unspecified atom stereocenters. The third-order valence-electron chi connectivity index (χ3n) is 2.39. The Labute approximate surface area is 82.0 Å². The summed E-state index contributed by atoms with van der Waals surface area (Å²) < 4.78 is 0. The molecule has 13 heavy (non-hydrogen) atoms. The van der Waals surface area contributed by atoms with E-state index in [-0.39, 0.29) is 5.54 Å². The van der Waals surface area contributed by atoms with E-state index in [1.54, 1.807) is 0 Å². The maximum atomic E-state index is 5.72. The van der Waals surface area contributed by atoms with Crippen LogP contribution in [0, 0.1) is 0 Å². The average Bonchev–Trinajstić information content (AvgIpc) is 2.01. The minimum Gasteiger partial charge on any atom is -0.387 e. The van der Waals surface area contributed by atoms with Gasteiger partial charge in [-0.2, -0.15) is 0 Å². The van der Waals surface area contributed by atoms with Crippen LogP contribution >= 0.6 is 0 Å². The Hall–Kier alpha value is -0.570. The highest BCUT2D eigenvalue weighted by Crippen LogP contribution is 2.09. The maximum absolute atomic E-state index is 5.72. The summed E-state index contributed by atoms with van der Waals surface area (Å²) in [6.07, 6.45) is 1.97. The number of rotatable bonds is 5. The van der Waals surface area contributed by atoms with Gasteiger partial charge in [-0.1, -0.05) is 6.92 Å². The van der Waals surface area contributed by atoms with E-state index in [0.29, 0.717) is 0 Å². The Morgan fingerprint density at radius 2 is 1.92 bits per heavy atom. The van der Waals surface area contributed by atoms with Gasteiger partial charge in [0.15, 0.2) is 0 Å². The van der Waals surface area contributed by atoms with Gasteiger partial charge in [0.2, 0.25) is 0 Å². The summed E-state index contributed by atoms with van der Waals surface area (Å²) in [5.41, 5.74) is 5.82. The van der Waals surface area contributed by atoms with Gasteiger partial charge in [-0.25, -0.2) is 0 Å². The van der Waals surface area contributed by atoms with Gasteiger partial charge >= 0.3 is 0 Å². The number of likely N-dealkylation sites (N-methyl/N-ethyl adjacent to an activating group) is 1. The van der Waals surface area contributed by atoms with Gasteiger partial charge in [-0.15, -0.1) is 0 Å². The lowest BCUT2D eigenvalue weighted by atomic mass is 10.1. The van der Waals surface area contributed by atoms with Crippen molar-refractivity contribution < 1.29 is 0 Å². The van der Waals surface area contributed by atoms with Gasteiger partial charge < -0.3 is 10.6 Å². The maximum Gasteiger partial charge on any atom is 0.0937 e. The molecular formula is C10H23N3. The van der Waals surface area contributed by atoms with Crippen LogP contribution in [0.3, 0.4) is 0 Å². The summed E-state index contributed by atoms with van der Waals surface area (Å²) in [6, 6.07) is 0. The van der Waals surface area contributed by atoms with E-state index in [0.717, 1.165) is 25.2 Å². The summed E-state index contributed by atoms with van der Waals surface area (Å²) in [5.74, 6) is 0.775. The second-order valence-electron chi connectivity index (χ2n) is 4.26. The van der Waals surface area contributed by atoms with Crippen LogP contribution in [-0.2, 0) is 0 Å². The molecule has 0 heterocycles. The molecule has 0 saturated carbocycles. The third kappa shape index (κ3) is 4.88. The molecule has 78 valence electrons. The van der Waals surface area contributed by atoms with E-state index in [1.807, 2.05) is 0 Å². The molecule has 0 saturated heterocycles. The van der Waals surface area contributed by atoms with Crippen LogP contribution in [0.2, 0.25) is 0 Å². The highest BCUT2D eigenvalue weighted by molar-refractivity contribution is 5.80. The minimum atomic E-state index is 0.0956. The molecule has 0 aromatic carbocycles. The molecule has 0 radical (unpaired) electrons. The summed E-state index contributed by atoms with van der Waals surface area (Å²) >= 11 is 0. The van der Waals surface area contributed by atoms with Crippen molar-refractivity contribution >= 4 is 5.84 Å². The molecule has 0 bridgehead atoms. The Morgan fingerprint density at radius 1 is 1.38 bits per heavy atom. The minimum absolute atomic E-state index is 0.0956. The smallest absolute Gasteiger partial charge is 0.0937 e. The number of amidine groups is 1. The standard InChI is InChI=1S/C10H23N3/c1-6-7-9(11)12-8-10(2,3)13(4)5/h6-8H2,1-5H3,(H2,11,12). The molecule has 0 fully saturated rings. The van der Waals surface area contributed by atoms with E-state index in [1.165, 1.54) is 0 Å². The topological polar surface area (TPSA) is 41.6 Å². The fourth-order valence-electron chi connectivity index (χ4n) is 0.772. The van der Waals surface area contributed by atoms with E-state index in [9.17, 15) is 0 Å². The fraction of sp³-hybridized carbons (Fsp3) is 0.900. The van der Waals surface area contributed by atoms with E-state index >= 15 is 0 Å². The van der Waals surface area contributed by atoms with Crippen LogP contribution < -0.4 is 5.73 Å². The lowest BCUT2D eigenvalue weighted by Crippen LogP contribution is -2.41. The molecule has 0 aliphatic carbocycles. The van der Waals surface area contributed by atoms with E-state index in [4.69, 9.17) is 5.73 Å². The lowest BCUT2D eigenvalue weighted by Gasteiger charge is -2.30. The van der Waals surface area contributed by atoms with Crippen LogP contribution in [-0.4, -0.2) is 36.9 Å². The predicted octanol–water partition coefficient (Wildman–Crippen LogP) is 1.48. The van der Waals surface area contributed by atoms with Crippen molar-refractivity contribution in [2.24, 2.45) is 10.7 Å². The first-order valence-electron chi connectivity index (χ1n) is 4.86. The molecule has 0 aliphatic rings. The summed E-state index contributed by atoms with van der Waals surface area (Å²) in [5, 5.41) is 0. The van der Waals surface area contributed by atoms with Gasteiger partial charge in [-0.05, 0) is 34.4 Å². The highest BCUT2D eigenvalue weighted by Gasteiger charge is 2.19. The highest BCUT2D eigenvalue weighted by atomic mass is 15.1. The molecule has 2 N–H and O–H groups in total. The first-order chi connectivity index (χ1) is 5.90. The summed E-state index contributed by atoms with van der Waals surface area (Å²) in [4.78, 5) is 6.52. The first-order valence-corrected chi connectivity index (χ1v) is 4.86. The first kappa shape index (κ1) is 12.4. The second-order valence-corrected chi connectivity index (χ2v) is 4.26. The zero-order valence-electron chi connectivity index (χ0n) is 9.59. The van der Waals surface area contributed by atoms with Crippen LogP contribution in [0.25, 0.3) is 0 Å². The molecule has 0 rings (SSSR count). The molecule has 0 aliphatic heterocycles. The quantitative estimate of drug-likeness (QED) is 0.521. The van der Waals surface area contributed by atoms with E-state index < -0.39 is 0 Å². The zero-order valence-corrected chi connectivity index (χ0v) is 9.59. The number of hydrogen-bond donors (Lipinski definition) is 1. The summed E-state index contributed by atoms with van der Waals surface area (Å²) in [7, 11) is 4.12. The van der Waals surface area contributed by atoms with Crippen molar-refractivity contribution in [2.45, 2.75) is 39.2 Å². The van der Waals surface area contributed by atoms with Gasteiger partial charge in [0.05, 0.1) is 12.4 Å². The van der Waals surface area contributed by atoms with Crippen molar-refractivity contribution in [3.63, 3.8) is 0 Å². The number of nitrogens with two attached hydrogens (primary N) is 1. The summed E-state index contributed by atoms with van der Waals surface area (Å²) in [6.45, 7) is 7.21. The Morgan fingerprint density at radius 3 is 2.31 bits per heavy atom. The number of hydrogen-bond acceptors (Lipinski definition) is 2. The molecule has 3 nitrogen and oxygen atoms in total. The third-order valence-corrected chi connectivity index (χ3v) is 2.39. The van der Waals surface area contributed by atoms with Gasteiger partial charge in [0.1, 0.15) is 0 Å². The Balaban J connectivity index is 4.06. The fourth-order valence-corrected chi connectivity index (χ4v) is 0.772. The van der Waals surface area contributed by atoms with Crippen molar-refractivity contribution in [1.82, 2.24) is 4.90 Å². The average molecular weight is 185 g/mol. The molecule has 0 atom stereocenters. The molecule has 0 spiro atoms. The zero-order chi connectivity index (χ0) is 10.5. The SMILES string of the molecule is CCCC(N)=NCC(C)(C)N(C)C. The second kappa shape index (κ2) is 5.22.